The first-order valence-corrected chi connectivity index (χ1v) is 10.9. The second-order valence-electron chi connectivity index (χ2n) is 6.83. The molecule has 3 rings (SSSR count). The zero-order valence-electron chi connectivity index (χ0n) is 16.7. The highest BCUT2D eigenvalue weighted by Crippen LogP contribution is 2.20. The highest BCUT2D eigenvalue weighted by Gasteiger charge is 2.18. The molecule has 2 N–H and O–H groups in total. The van der Waals surface area contributed by atoms with E-state index in [1.165, 1.54) is 42.5 Å². The van der Waals surface area contributed by atoms with E-state index in [4.69, 9.17) is 0 Å². The van der Waals surface area contributed by atoms with Gasteiger partial charge in [0.05, 0.1) is 16.0 Å². The number of hydrogen-bond acceptors (Lipinski definition) is 6. The zero-order chi connectivity index (χ0) is 22.4. The van der Waals surface area contributed by atoms with E-state index in [1.807, 2.05) is 17.8 Å². The summed E-state index contributed by atoms with van der Waals surface area (Å²) in [7, 11) is -4.01. The molecule has 1 heterocycles. The summed E-state index contributed by atoms with van der Waals surface area (Å²) in [5.74, 6) is -0.273. The summed E-state index contributed by atoms with van der Waals surface area (Å²) < 4.78 is 29.1. The number of aromatic nitrogens is 2. The first kappa shape index (κ1) is 22.0. The van der Waals surface area contributed by atoms with Crippen molar-refractivity contribution < 1.29 is 18.1 Å². The van der Waals surface area contributed by atoms with Crippen molar-refractivity contribution in [3.8, 4) is 0 Å². The third-order valence-electron chi connectivity index (χ3n) is 4.35. The molecule has 0 aliphatic rings. The minimum Gasteiger partial charge on any atom is -0.352 e. The summed E-state index contributed by atoms with van der Waals surface area (Å²) in [5, 5.41) is 17.8. The highest BCUT2D eigenvalue weighted by atomic mass is 32.2. The molecule has 1 aromatic heterocycles. The minimum absolute atomic E-state index is 0.226. The SMILES string of the molecule is Cc1cnn(CCCNC(=O)c2ccc(NS(=O)(=O)c3cccc([N+](=O)[O-])c3)cc2)c1. The molecule has 10 nitrogen and oxygen atoms in total. The van der Waals surface area contributed by atoms with Gasteiger partial charge in [0.2, 0.25) is 0 Å². The molecule has 0 saturated carbocycles. The van der Waals surface area contributed by atoms with Crippen LogP contribution in [0.5, 0.6) is 0 Å². The van der Waals surface area contributed by atoms with Crippen LogP contribution in [0.1, 0.15) is 22.3 Å². The fraction of sp³-hybridized carbons (Fsp3) is 0.200. The Morgan fingerprint density at radius 3 is 2.58 bits per heavy atom. The van der Waals surface area contributed by atoms with Crippen molar-refractivity contribution in [1.82, 2.24) is 15.1 Å². The van der Waals surface area contributed by atoms with Crippen LogP contribution in [0.3, 0.4) is 0 Å². The van der Waals surface area contributed by atoms with Crippen LogP contribution >= 0.6 is 0 Å². The van der Waals surface area contributed by atoms with Crippen molar-refractivity contribution in [2.75, 3.05) is 11.3 Å². The van der Waals surface area contributed by atoms with Crippen LogP contribution in [0.4, 0.5) is 11.4 Å². The largest absolute Gasteiger partial charge is 0.352 e. The zero-order valence-corrected chi connectivity index (χ0v) is 17.5. The molecule has 11 heteroatoms. The summed E-state index contributed by atoms with van der Waals surface area (Å²) in [6, 6.07) is 10.7. The topological polar surface area (TPSA) is 136 Å². The van der Waals surface area contributed by atoms with Gasteiger partial charge in [-0.15, -0.1) is 0 Å². The van der Waals surface area contributed by atoms with Gasteiger partial charge < -0.3 is 5.32 Å². The van der Waals surface area contributed by atoms with Crippen molar-refractivity contribution in [2.45, 2.75) is 24.8 Å². The van der Waals surface area contributed by atoms with Gasteiger partial charge in [-0.25, -0.2) is 8.42 Å². The van der Waals surface area contributed by atoms with Gasteiger partial charge in [-0.3, -0.25) is 24.3 Å². The molecule has 0 fully saturated rings. The van der Waals surface area contributed by atoms with Gasteiger partial charge in [0.15, 0.2) is 0 Å². The number of rotatable bonds is 9. The van der Waals surface area contributed by atoms with Crippen molar-refractivity contribution in [3.63, 3.8) is 0 Å². The second-order valence-corrected chi connectivity index (χ2v) is 8.51. The number of hydrogen-bond donors (Lipinski definition) is 2. The molecule has 0 unspecified atom stereocenters. The number of benzene rings is 2. The van der Waals surface area contributed by atoms with Crippen molar-refractivity contribution in [1.29, 1.82) is 0 Å². The molecule has 162 valence electrons. The molecule has 3 aromatic rings. The molecule has 0 atom stereocenters. The van der Waals surface area contributed by atoms with E-state index in [1.54, 1.807) is 6.20 Å². The van der Waals surface area contributed by atoms with E-state index in [0.29, 0.717) is 25.1 Å². The van der Waals surface area contributed by atoms with E-state index in [0.717, 1.165) is 11.6 Å². The van der Waals surface area contributed by atoms with E-state index < -0.39 is 14.9 Å². The summed E-state index contributed by atoms with van der Waals surface area (Å²) in [4.78, 5) is 22.2. The number of amides is 1. The van der Waals surface area contributed by atoms with Gasteiger partial charge in [-0.05, 0) is 49.2 Å². The average Bonchev–Trinajstić information content (AvgIpc) is 3.16. The smallest absolute Gasteiger partial charge is 0.270 e. The first-order chi connectivity index (χ1) is 14.7. The molecule has 0 aliphatic heterocycles. The highest BCUT2D eigenvalue weighted by molar-refractivity contribution is 7.92. The maximum Gasteiger partial charge on any atom is 0.270 e. The fourth-order valence-corrected chi connectivity index (χ4v) is 3.90. The minimum atomic E-state index is -4.01. The lowest BCUT2D eigenvalue weighted by molar-refractivity contribution is -0.385. The van der Waals surface area contributed by atoms with Crippen LogP contribution in [0.15, 0.2) is 65.8 Å². The predicted molar refractivity (Wildman–Crippen MR) is 114 cm³/mol. The van der Waals surface area contributed by atoms with Crippen LogP contribution in [0, 0.1) is 17.0 Å². The molecular weight excluding hydrogens is 422 g/mol. The number of carbonyl (C=O) groups is 1. The lowest BCUT2D eigenvalue weighted by Crippen LogP contribution is -2.25. The number of nitrogens with one attached hydrogen (secondary N) is 2. The number of aryl methyl sites for hydroxylation is 2. The van der Waals surface area contributed by atoms with Gasteiger partial charge >= 0.3 is 0 Å². The molecule has 0 saturated heterocycles. The number of sulfonamides is 1. The molecule has 31 heavy (non-hydrogen) atoms. The number of anilines is 1. The summed E-state index contributed by atoms with van der Waals surface area (Å²) in [6.45, 7) is 3.12. The monoisotopic (exact) mass is 443 g/mol. The van der Waals surface area contributed by atoms with Gasteiger partial charge in [-0.1, -0.05) is 6.07 Å². The molecule has 1 amide bonds. The van der Waals surface area contributed by atoms with E-state index in [-0.39, 0.29) is 22.2 Å². The third kappa shape index (κ3) is 5.89. The molecule has 2 aromatic carbocycles. The molecule has 0 aliphatic carbocycles. The number of carbonyl (C=O) groups excluding carboxylic acids is 1. The standard InChI is InChI=1S/C20H21N5O5S/c1-15-13-22-24(14-15)11-3-10-21-20(26)16-6-8-17(9-7-16)23-31(29,30)19-5-2-4-18(12-19)25(27)28/h2,4-9,12-14,23H,3,10-11H2,1H3,(H,21,26). The first-order valence-electron chi connectivity index (χ1n) is 9.39. The van der Waals surface area contributed by atoms with Crippen LogP contribution in [0.25, 0.3) is 0 Å². The van der Waals surface area contributed by atoms with Gasteiger partial charge in [0, 0.05) is 42.7 Å². The molecular formula is C20H21N5O5S. The van der Waals surface area contributed by atoms with Crippen molar-refractivity contribution in [2.24, 2.45) is 0 Å². The maximum absolute atomic E-state index is 12.5. The Morgan fingerprint density at radius 1 is 1.19 bits per heavy atom. The van der Waals surface area contributed by atoms with E-state index in [2.05, 4.69) is 15.1 Å². The normalized spacial score (nSPS) is 11.1. The van der Waals surface area contributed by atoms with Crippen molar-refractivity contribution in [3.05, 3.63) is 82.2 Å². The fourth-order valence-electron chi connectivity index (χ4n) is 2.80. The maximum atomic E-state index is 12.5. The summed E-state index contributed by atoms with van der Waals surface area (Å²) >= 11 is 0. The Hall–Kier alpha value is -3.73. The van der Waals surface area contributed by atoms with Crippen LogP contribution in [-0.2, 0) is 16.6 Å². The number of nitro groups is 1. The van der Waals surface area contributed by atoms with Crippen LogP contribution < -0.4 is 10.0 Å². The summed E-state index contributed by atoms with van der Waals surface area (Å²) in [5.41, 5.74) is 1.37. The molecule has 0 radical (unpaired) electrons. The number of non-ortho nitro benzene ring substituents is 1. The third-order valence-corrected chi connectivity index (χ3v) is 5.73. The Morgan fingerprint density at radius 2 is 1.94 bits per heavy atom. The lowest BCUT2D eigenvalue weighted by atomic mass is 10.2. The van der Waals surface area contributed by atoms with Crippen LogP contribution in [-0.4, -0.2) is 35.6 Å². The number of nitro benzene ring substituents is 1. The van der Waals surface area contributed by atoms with E-state index >= 15 is 0 Å². The molecule has 0 bridgehead atoms. The quantitative estimate of drug-likeness (QED) is 0.296. The van der Waals surface area contributed by atoms with Gasteiger partial charge in [0.25, 0.3) is 21.6 Å². The Labute approximate surface area is 179 Å². The summed E-state index contributed by atoms with van der Waals surface area (Å²) in [6.07, 6.45) is 4.41. The lowest BCUT2D eigenvalue weighted by Gasteiger charge is -2.09. The molecule has 0 spiro atoms. The second kappa shape index (κ2) is 9.39. The van der Waals surface area contributed by atoms with Crippen LogP contribution in [0.2, 0.25) is 0 Å². The average molecular weight is 443 g/mol. The van der Waals surface area contributed by atoms with Gasteiger partial charge in [-0.2, -0.15) is 5.10 Å². The Bertz CT molecular complexity index is 1190. The van der Waals surface area contributed by atoms with Crippen molar-refractivity contribution >= 4 is 27.3 Å². The Balaban J connectivity index is 1.56. The van der Waals surface area contributed by atoms with E-state index in [9.17, 15) is 23.3 Å². The number of nitrogens with zero attached hydrogens (tertiary/aromatic N) is 3. The van der Waals surface area contributed by atoms with Gasteiger partial charge in [0.1, 0.15) is 0 Å². The predicted octanol–water partition coefficient (Wildman–Crippen LogP) is 2.72. The Kier molecular flexibility index (Phi) is 6.65.